The van der Waals surface area contributed by atoms with Gasteiger partial charge in [0.05, 0.1) is 19.3 Å². The van der Waals surface area contributed by atoms with E-state index in [-0.39, 0.29) is 6.10 Å². The minimum Gasteiger partial charge on any atom is -0.379 e. The fourth-order valence-electron chi connectivity index (χ4n) is 2.74. The number of guanidine groups is 1. The summed E-state index contributed by atoms with van der Waals surface area (Å²) in [6.45, 7) is 6.55. The van der Waals surface area contributed by atoms with Crippen molar-refractivity contribution in [3.05, 3.63) is 42.6 Å². The Morgan fingerprint density at radius 1 is 1.41 bits per heavy atom. The molecule has 1 aliphatic rings. The number of nitrogens with zero attached hydrogens (tertiary/aromatic N) is 4. The molecule has 0 radical (unpaired) electrons. The highest BCUT2D eigenvalue weighted by Crippen LogP contribution is 2.08. The number of ether oxygens (including phenoxy) is 2. The zero-order valence-electron chi connectivity index (χ0n) is 15.8. The van der Waals surface area contributed by atoms with Crippen LogP contribution in [-0.2, 0) is 16.0 Å². The Morgan fingerprint density at radius 3 is 3.07 bits per heavy atom. The van der Waals surface area contributed by atoms with Gasteiger partial charge in [-0.25, -0.2) is 15.0 Å². The number of imidazole rings is 1. The van der Waals surface area contributed by atoms with Gasteiger partial charge in [0.15, 0.2) is 5.96 Å². The second kappa shape index (κ2) is 10.6. The van der Waals surface area contributed by atoms with Gasteiger partial charge in [0.25, 0.3) is 0 Å². The van der Waals surface area contributed by atoms with Gasteiger partial charge in [-0.15, -0.1) is 0 Å². The van der Waals surface area contributed by atoms with E-state index in [0.717, 1.165) is 63.1 Å². The van der Waals surface area contributed by atoms with Crippen molar-refractivity contribution < 1.29 is 9.47 Å². The molecule has 0 amide bonds. The fourth-order valence-corrected chi connectivity index (χ4v) is 2.74. The van der Waals surface area contributed by atoms with Crippen molar-refractivity contribution in [2.75, 3.05) is 32.9 Å². The van der Waals surface area contributed by atoms with Crippen LogP contribution in [0.1, 0.15) is 25.3 Å². The van der Waals surface area contributed by atoms with Gasteiger partial charge in [-0.1, -0.05) is 6.07 Å². The van der Waals surface area contributed by atoms with Crippen molar-refractivity contribution in [2.45, 2.75) is 32.4 Å². The van der Waals surface area contributed by atoms with Crippen LogP contribution in [0.3, 0.4) is 0 Å². The van der Waals surface area contributed by atoms with Crippen molar-refractivity contribution >= 4 is 5.96 Å². The first-order chi connectivity index (χ1) is 13.3. The molecule has 2 N–H and O–H groups in total. The van der Waals surface area contributed by atoms with Crippen LogP contribution >= 0.6 is 0 Å². The van der Waals surface area contributed by atoms with Crippen LogP contribution in [0, 0.1) is 0 Å². The minimum absolute atomic E-state index is 0.268. The van der Waals surface area contributed by atoms with Crippen LogP contribution in [0.4, 0.5) is 0 Å². The van der Waals surface area contributed by atoms with Crippen molar-refractivity contribution in [3.8, 4) is 5.82 Å². The Bertz CT molecular complexity index is 681. The summed E-state index contributed by atoms with van der Waals surface area (Å²) < 4.78 is 13.0. The molecule has 1 aliphatic heterocycles. The Kier molecular flexibility index (Phi) is 7.61. The highest BCUT2D eigenvalue weighted by molar-refractivity contribution is 5.79. The molecule has 1 saturated heterocycles. The maximum Gasteiger partial charge on any atom is 0.191 e. The lowest BCUT2D eigenvalue weighted by atomic mass is 10.3. The third kappa shape index (κ3) is 6.33. The van der Waals surface area contributed by atoms with Crippen LogP contribution in [-0.4, -0.2) is 59.5 Å². The van der Waals surface area contributed by atoms with Gasteiger partial charge in [-0.3, -0.25) is 4.57 Å². The lowest BCUT2D eigenvalue weighted by Crippen LogP contribution is -2.38. The van der Waals surface area contributed by atoms with Crippen LogP contribution < -0.4 is 10.6 Å². The highest BCUT2D eigenvalue weighted by Gasteiger charge is 2.15. The molecule has 1 unspecified atom stereocenters. The highest BCUT2D eigenvalue weighted by atomic mass is 16.5. The van der Waals surface area contributed by atoms with Gasteiger partial charge < -0.3 is 20.1 Å². The van der Waals surface area contributed by atoms with Crippen LogP contribution in [0.2, 0.25) is 0 Å². The summed E-state index contributed by atoms with van der Waals surface area (Å²) >= 11 is 0. The normalized spacial score (nSPS) is 17.2. The molecule has 8 heteroatoms. The first-order valence-electron chi connectivity index (χ1n) is 9.50. The summed E-state index contributed by atoms with van der Waals surface area (Å²) in [5.74, 6) is 1.65. The third-order valence-electron chi connectivity index (χ3n) is 4.20. The Hall–Kier alpha value is -2.45. The molecule has 1 fully saturated rings. The molecule has 3 heterocycles. The lowest BCUT2D eigenvalue weighted by molar-refractivity contribution is 0.0420. The number of aliphatic imine (C=N–C) groups is 1. The molecule has 3 rings (SSSR count). The molecule has 27 heavy (non-hydrogen) atoms. The van der Waals surface area contributed by atoms with Gasteiger partial charge in [-0.05, 0) is 31.4 Å². The third-order valence-corrected chi connectivity index (χ3v) is 4.20. The number of nitrogens with one attached hydrogen (secondary N) is 2. The van der Waals surface area contributed by atoms with E-state index in [9.17, 15) is 0 Å². The molecular formula is C19H28N6O2. The monoisotopic (exact) mass is 372 g/mol. The zero-order chi connectivity index (χ0) is 18.7. The van der Waals surface area contributed by atoms with E-state index < -0.39 is 0 Å². The van der Waals surface area contributed by atoms with Gasteiger partial charge in [0, 0.05) is 44.9 Å². The molecule has 0 aliphatic carbocycles. The van der Waals surface area contributed by atoms with Crippen LogP contribution in [0.15, 0.2) is 42.0 Å². The molecule has 8 nitrogen and oxygen atoms in total. The van der Waals surface area contributed by atoms with Crippen molar-refractivity contribution in [2.24, 2.45) is 4.99 Å². The van der Waals surface area contributed by atoms with Crippen molar-refractivity contribution in [3.63, 3.8) is 0 Å². The smallest absolute Gasteiger partial charge is 0.191 e. The molecule has 2 aromatic rings. The molecule has 0 aromatic carbocycles. The number of rotatable bonds is 9. The van der Waals surface area contributed by atoms with E-state index in [4.69, 9.17) is 9.47 Å². The average molecular weight is 372 g/mol. The van der Waals surface area contributed by atoms with E-state index in [2.05, 4.69) is 32.5 Å². The maximum absolute atomic E-state index is 5.78. The lowest BCUT2D eigenvalue weighted by Gasteiger charge is -2.13. The molecule has 0 bridgehead atoms. The van der Waals surface area contributed by atoms with E-state index in [0.29, 0.717) is 6.54 Å². The molecule has 0 spiro atoms. The average Bonchev–Trinajstić information content (AvgIpc) is 3.40. The predicted molar refractivity (Wildman–Crippen MR) is 104 cm³/mol. The first kappa shape index (κ1) is 19.3. The standard InChI is InChI=1S/C19H28N6O2/c1-2-21-19(22-7-3-10-27-17-6-11-26-14-17)24-13-16-4-5-18(23-12-16)25-9-8-20-15-25/h4-5,8-9,12,15,17H,2-3,6-7,10-11,13-14H2,1H3,(H2,21,22,24). The molecule has 146 valence electrons. The van der Waals surface area contributed by atoms with Gasteiger partial charge in [-0.2, -0.15) is 0 Å². The number of hydrogen-bond acceptors (Lipinski definition) is 5. The minimum atomic E-state index is 0.268. The largest absolute Gasteiger partial charge is 0.379 e. The first-order valence-corrected chi connectivity index (χ1v) is 9.50. The zero-order valence-corrected chi connectivity index (χ0v) is 15.8. The summed E-state index contributed by atoms with van der Waals surface area (Å²) in [6, 6.07) is 4.00. The van der Waals surface area contributed by atoms with E-state index in [1.165, 1.54) is 0 Å². The number of aromatic nitrogens is 3. The molecular weight excluding hydrogens is 344 g/mol. The molecule has 0 saturated carbocycles. The second-order valence-corrected chi connectivity index (χ2v) is 6.33. The Labute approximate surface area is 160 Å². The molecule has 1 atom stereocenters. The summed E-state index contributed by atoms with van der Waals surface area (Å²) in [5, 5.41) is 6.61. The topological polar surface area (TPSA) is 85.6 Å². The van der Waals surface area contributed by atoms with Gasteiger partial charge >= 0.3 is 0 Å². The SMILES string of the molecule is CCNC(=NCc1ccc(-n2ccnc2)nc1)NCCCOC1CCOC1. The van der Waals surface area contributed by atoms with Crippen LogP contribution in [0.5, 0.6) is 0 Å². The number of hydrogen-bond donors (Lipinski definition) is 2. The van der Waals surface area contributed by atoms with E-state index in [1.54, 1.807) is 12.5 Å². The fraction of sp³-hybridized carbons (Fsp3) is 0.526. The second-order valence-electron chi connectivity index (χ2n) is 6.33. The van der Waals surface area contributed by atoms with Crippen molar-refractivity contribution in [1.82, 2.24) is 25.2 Å². The van der Waals surface area contributed by atoms with E-state index >= 15 is 0 Å². The maximum atomic E-state index is 5.78. The summed E-state index contributed by atoms with van der Waals surface area (Å²) in [5.41, 5.74) is 1.06. The summed E-state index contributed by atoms with van der Waals surface area (Å²) in [6.07, 6.45) is 9.39. The number of pyridine rings is 1. The predicted octanol–water partition coefficient (Wildman–Crippen LogP) is 1.52. The van der Waals surface area contributed by atoms with Crippen molar-refractivity contribution in [1.29, 1.82) is 0 Å². The Balaban J connectivity index is 1.42. The van der Waals surface area contributed by atoms with E-state index in [1.807, 2.05) is 29.1 Å². The quantitative estimate of drug-likeness (QED) is 0.394. The summed E-state index contributed by atoms with van der Waals surface area (Å²) in [7, 11) is 0. The van der Waals surface area contributed by atoms with Gasteiger partial charge in [0.1, 0.15) is 12.1 Å². The van der Waals surface area contributed by atoms with Crippen LogP contribution in [0.25, 0.3) is 5.82 Å². The molecule has 2 aromatic heterocycles. The Morgan fingerprint density at radius 2 is 2.37 bits per heavy atom. The summed E-state index contributed by atoms with van der Waals surface area (Å²) in [4.78, 5) is 13.1. The van der Waals surface area contributed by atoms with Gasteiger partial charge in [0.2, 0.25) is 0 Å².